The summed E-state index contributed by atoms with van der Waals surface area (Å²) in [4.78, 5) is 7.56. The molecule has 0 radical (unpaired) electrons. The number of aliphatic hydroxyl groups excluding tert-OH is 1. The Morgan fingerprint density at radius 3 is 2.77 bits per heavy atom. The summed E-state index contributed by atoms with van der Waals surface area (Å²) in [5.74, 6) is 0. The van der Waals surface area contributed by atoms with Crippen LogP contribution in [0, 0.1) is 0 Å². The average Bonchev–Trinajstić information content (AvgIpc) is 2.94. The Hall–Kier alpha value is -1.43. The first kappa shape index (κ1) is 16.9. The molecule has 0 spiro atoms. The first-order valence-electron chi connectivity index (χ1n) is 7.81. The van der Waals surface area contributed by atoms with E-state index in [-0.39, 0.29) is 12.2 Å². The van der Waals surface area contributed by atoms with Crippen LogP contribution in [0.3, 0.4) is 0 Å². The second kappa shape index (κ2) is 8.27. The molecule has 0 aliphatic carbocycles. The first-order chi connectivity index (χ1) is 10.5. The highest BCUT2D eigenvalue weighted by molar-refractivity contribution is 6.01. The zero-order valence-electron chi connectivity index (χ0n) is 13.6. The Kier molecular flexibility index (Phi) is 6.36. The topological polar surface area (TPSA) is 54.3 Å². The summed E-state index contributed by atoms with van der Waals surface area (Å²) in [5.41, 5.74) is 2.10. The van der Waals surface area contributed by atoms with Gasteiger partial charge in [-0.3, -0.25) is 4.90 Å². The lowest BCUT2D eigenvalue weighted by molar-refractivity contribution is -0.0133. The fourth-order valence-corrected chi connectivity index (χ4v) is 2.47. The van der Waals surface area contributed by atoms with E-state index in [4.69, 9.17) is 9.57 Å². The molecular weight excluding hydrogens is 280 g/mol. The summed E-state index contributed by atoms with van der Waals surface area (Å²) in [5, 5.41) is 14.1. The monoisotopic (exact) mass is 306 g/mol. The molecule has 1 aliphatic heterocycles. The third-order valence-corrected chi connectivity index (χ3v) is 3.50. The highest BCUT2D eigenvalue weighted by Crippen LogP contribution is 2.17. The van der Waals surface area contributed by atoms with Crippen molar-refractivity contribution in [2.75, 3.05) is 26.7 Å². The van der Waals surface area contributed by atoms with Crippen LogP contribution in [0.25, 0.3) is 0 Å². The van der Waals surface area contributed by atoms with Crippen molar-refractivity contribution in [2.45, 2.75) is 38.6 Å². The molecule has 0 bridgehead atoms. The van der Waals surface area contributed by atoms with Crippen molar-refractivity contribution in [2.24, 2.45) is 5.16 Å². The van der Waals surface area contributed by atoms with Gasteiger partial charge in [0.05, 0.1) is 24.5 Å². The van der Waals surface area contributed by atoms with Crippen molar-refractivity contribution >= 4 is 5.71 Å². The Balaban J connectivity index is 1.72. The lowest BCUT2D eigenvalue weighted by atomic mass is 10.1. The highest BCUT2D eigenvalue weighted by Gasteiger charge is 2.24. The molecule has 0 amide bonds. The Morgan fingerprint density at radius 1 is 1.36 bits per heavy atom. The number of benzene rings is 1. The minimum Gasteiger partial charge on any atom is -0.390 e. The van der Waals surface area contributed by atoms with Crippen LogP contribution in [0.4, 0.5) is 0 Å². The predicted octanol–water partition coefficient (Wildman–Crippen LogP) is 1.90. The SMILES string of the molecule is CC(C)OCC(O)CN(C)CC1CC(c2ccccc2)=NO1. The molecule has 1 aliphatic rings. The lowest BCUT2D eigenvalue weighted by Crippen LogP contribution is -2.37. The van der Waals surface area contributed by atoms with Gasteiger partial charge in [-0.2, -0.15) is 0 Å². The van der Waals surface area contributed by atoms with E-state index in [9.17, 15) is 5.11 Å². The molecule has 2 unspecified atom stereocenters. The van der Waals surface area contributed by atoms with Crippen molar-refractivity contribution in [3.05, 3.63) is 35.9 Å². The van der Waals surface area contributed by atoms with Crippen molar-refractivity contribution < 1.29 is 14.7 Å². The van der Waals surface area contributed by atoms with E-state index >= 15 is 0 Å². The summed E-state index contributed by atoms with van der Waals surface area (Å²) >= 11 is 0. The summed E-state index contributed by atoms with van der Waals surface area (Å²) < 4.78 is 5.42. The molecule has 1 aromatic rings. The van der Waals surface area contributed by atoms with E-state index < -0.39 is 6.10 Å². The minimum atomic E-state index is -0.483. The van der Waals surface area contributed by atoms with Crippen LogP contribution >= 0.6 is 0 Å². The van der Waals surface area contributed by atoms with E-state index in [0.717, 1.165) is 24.2 Å². The molecule has 5 heteroatoms. The van der Waals surface area contributed by atoms with Crippen molar-refractivity contribution in [1.82, 2.24) is 4.90 Å². The maximum atomic E-state index is 9.94. The Morgan fingerprint density at radius 2 is 2.09 bits per heavy atom. The zero-order valence-corrected chi connectivity index (χ0v) is 13.6. The van der Waals surface area contributed by atoms with Crippen LogP contribution in [0.1, 0.15) is 25.8 Å². The van der Waals surface area contributed by atoms with Crippen LogP contribution in [0.5, 0.6) is 0 Å². The molecule has 1 heterocycles. The molecule has 22 heavy (non-hydrogen) atoms. The van der Waals surface area contributed by atoms with Crippen LogP contribution in [0.15, 0.2) is 35.5 Å². The Labute approximate surface area is 132 Å². The molecule has 2 rings (SSSR count). The molecule has 2 atom stereocenters. The minimum absolute atomic E-state index is 0.0402. The van der Waals surface area contributed by atoms with Gasteiger partial charge >= 0.3 is 0 Å². The second-order valence-electron chi connectivity index (χ2n) is 6.09. The molecule has 1 aromatic carbocycles. The molecule has 1 N–H and O–H groups in total. The van der Waals surface area contributed by atoms with Gasteiger partial charge in [0, 0.05) is 19.5 Å². The quantitative estimate of drug-likeness (QED) is 0.797. The van der Waals surface area contributed by atoms with Gasteiger partial charge in [-0.1, -0.05) is 35.5 Å². The van der Waals surface area contributed by atoms with Crippen molar-refractivity contribution in [3.8, 4) is 0 Å². The number of oxime groups is 1. The van der Waals surface area contributed by atoms with Gasteiger partial charge in [0.1, 0.15) is 6.10 Å². The highest BCUT2D eigenvalue weighted by atomic mass is 16.6. The number of nitrogens with zero attached hydrogens (tertiary/aromatic N) is 2. The molecule has 122 valence electrons. The molecule has 5 nitrogen and oxygen atoms in total. The average molecular weight is 306 g/mol. The number of aliphatic hydroxyl groups is 1. The van der Waals surface area contributed by atoms with Gasteiger partial charge < -0.3 is 14.7 Å². The summed E-state index contributed by atoms with van der Waals surface area (Å²) in [6.07, 6.45) is 0.495. The van der Waals surface area contributed by atoms with E-state index in [1.54, 1.807) is 0 Å². The standard InChI is InChI=1S/C17H26N2O3/c1-13(2)21-12-15(20)10-19(3)11-16-9-17(18-22-16)14-7-5-4-6-8-14/h4-8,13,15-16,20H,9-12H2,1-3H3. The normalized spacial score (nSPS) is 19.4. The fraction of sp³-hybridized carbons (Fsp3) is 0.588. The van der Waals surface area contributed by atoms with Crippen molar-refractivity contribution in [3.63, 3.8) is 0 Å². The maximum Gasteiger partial charge on any atom is 0.145 e. The van der Waals surface area contributed by atoms with E-state index in [0.29, 0.717) is 13.2 Å². The number of rotatable bonds is 8. The molecule has 0 fully saturated rings. The summed E-state index contributed by atoms with van der Waals surface area (Å²) in [7, 11) is 1.97. The van der Waals surface area contributed by atoms with E-state index in [1.807, 2.05) is 51.2 Å². The molecule has 0 saturated heterocycles. The van der Waals surface area contributed by atoms with Gasteiger partial charge in [0.25, 0.3) is 0 Å². The first-order valence-corrected chi connectivity index (χ1v) is 7.81. The van der Waals surface area contributed by atoms with Gasteiger partial charge in [0.2, 0.25) is 0 Å². The summed E-state index contributed by atoms with van der Waals surface area (Å²) in [6, 6.07) is 10.1. The number of likely N-dealkylation sites (N-methyl/N-ethyl adjacent to an activating group) is 1. The van der Waals surface area contributed by atoms with Crippen molar-refractivity contribution in [1.29, 1.82) is 0 Å². The smallest absolute Gasteiger partial charge is 0.145 e. The predicted molar refractivity (Wildman–Crippen MR) is 87.1 cm³/mol. The maximum absolute atomic E-state index is 9.94. The van der Waals surface area contributed by atoms with Gasteiger partial charge in [-0.05, 0) is 26.5 Å². The van der Waals surface area contributed by atoms with Gasteiger partial charge in [-0.25, -0.2) is 0 Å². The van der Waals surface area contributed by atoms with E-state index in [2.05, 4.69) is 10.1 Å². The van der Waals surface area contributed by atoms with Crippen LogP contribution in [0.2, 0.25) is 0 Å². The van der Waals surface area contributed by atoms with Gasteiger partial charge in [0.15, 0.2) is 0 Å². The fourth-order valence-electron chi connectivity index (χ4n) is 2.47. The number of hydrogen-bond donors (Lipinski definition) is 1. The van der Waals surface area contributed by atoms with Crippen LogP contribution in [-0.4, -0.2) is 60.8 Å². The third-order valence-electron chi connectivity index (χ3n) is 3.50. The third kappa shape index (κ3) is 5.40. The largest absolute Gasteiger partial charge is 0.390 e. The zero-order chi connectivity index (χ0) is 15.9. The lowest BCUT2D eigenvalue weighted by Gasteiger charge is -2.23. The van der Waals surface area contributed by atoms with Crippen LogP contribution in [-0.2, 0) is 9.57 Å². The number of hydrogen-bond acceptors (Lipinski definition) is 5. The molecule has 0 saturated carbocycles. The molecule has 0 aromatic heterocycles. The Bertz CT molecular complexity index is 476. The summed E-state index contributed by atoms with van der Waals surface area (Å²) in [6.45, 7) is 5.58. The van der Waals surface area contributed by atoms with Gasteiger partial charge in [-0.15, -0.1) is 0 Å². The van der Waals surface area contributed by atoms with Crippen LogP contribution < -0.4 is 0 Å². The second-order valence-corrected chi connectivity index (χ2v) is 6.09. The van der Waals surface area contributed by atoms with E-state index in [1.165, 1.54) is 0 Å². The molecular formula is C17H26N2O3. The number of ether oxygens (including phenoxy) is 1.